The van der Waals surface area contributed by atoms with Crippen molar-refractivity contribution in [2.24, 2.45) is 5.92 Å². The van der Waals surface area contributed by atoms with E-state index in [4.69, 9.17) is 9.47 Å². The van der Waals surface area contributed by atoms with E-state index in [1.54, 1.807) is 0 Å². The summed E-state index contributed by atoms with van der Waals surface area (Å²) in [6.45, 7) is 5.62. The van der Waals surface area contributed by atoms with Crippen LogP contribution in [0.2, 0.25) is 0 Å². The van der Waals surface area contributed by atoms with Crippen LogP contribution in [-0.2, 0) is 14.3 Å². The number of hydrogen-bond acceptors (Lipinski definition) is 5. The van der Waals surface area contributed by atoms with Gasteiger partial charge in [-0.1, -0.05) is 12.8 Å². The van der Waals surface area contributed by atoms with E-state index < -0.39 is 0 Å². The maximum atomic E-state index is 13.6. The fourth-order valence-corrected chi connectivity index (χ4v) is 5.48. The van der Waals surface area contributed by atoms with E-state index in [-0.39, 0.29) is 11.9 Å². The lowest BCUT2D eigenvalue weighted by atomic mass is 9.98. The molecule has 3 heterocycles. The van der Waals surface area contributed by atoms with Gasteiger partial charge in [-0.15, -0.1) is 0 Å². The smallest absolute Gasteiger partial charge is 0.261 e. The number of nitrogens with zero attached hydrogens (tertiary/aromatic N) is 1. The molecule has 1 atom stereocenters. The minimum absolute atomic E-state index is 0.103. The lowest BCUT2D eigenvalue weighted by Gasteiger charge is -2.31. The van der Waals surface area contributed by atoms with Gasteiger partial charge in [0, 0.05) is 43.1 Å². The second kappa shape index (κ2) is 8.60. The second-order valence-electron chi connectivity index (χ2n) is 9.06. The lowest BCUT2D eigenvalue weighted by Crippen LogP contribution is -2.42. The van der Waals surface area contributed by atoms with Crippen LogP contribution in [-0.4, -0.2) is 51.0 Å². The van der Waals surface area contributed by atoms with Crippen LogP contribution in [0, 0.1) is 5.92 Å². The van der Waals surface area contributed by atoms with Gasteiger partial charge < -0.3 is 25.0 Å². The van der Waals surface area contributed by atoms with Gasteiger partial charge in [-0.05, 0) is 56.7 Å². The Bertz CT molecular complexity index is 817. The van der Waals surface area contributed by atoms with Gasteiger partial charge in [0.05, 0.1) is 30.2 Å². The summed E-state index contributed by atoms with van der Waals surface area (Å²) < 4.78 is 11.2. The molecule has 1 unspecified atom stereocenters. The van der Waals surface area contributed by atoms with Crippen molar-refractivity contribution < 1.29 is 14.3 Å². The van der Waals surface area contributed by atoms with Gasteiger partial charge in [-0.25, -0.2) is 0 Å². The molecule has 2 saturated heterocycles. The number of amides is 1. The molecule has 1 saturated carbocycles. The summed E-state index contributed by atoms with van der Waals surface area (Å²) in [7, 11) is 0. The topological polar surface area (TPSA) is 62.8 Å². The molecule has 1 aromatic carbocycles. The molecule has 3 fully saturated rings. The Morgan fingerprint density at radius 3 is 2.63 bits per heavy atom. The summed E-state index contributed by atoms with van der Waals surface area (Å²) >= 11 is 0. The molecule has 1 amide bonds. The number of anilines is 2. The van der Waals surface area contributed by atoms with E-state index in [9.17, 15) is 4.79 Å². The molecule has 1 aliphatic carbocycles. The van der Waals surface area contributed by atoms with Gasteiger partial charge in [-0.3, -0.25) is 4.79 Å². The van der Waals surface area contributed by atoms with E-state index in [1.165, 1.54) is 25.7 Å². The van der Waals surface area contributed by atoms with E-state index in [0.29, 0.717) is 19.3 Å². The number of benzene rings is 1. The fourth-order valence-electron chi connectivity index (χ4n) is 5.48. The van der Waals surface area contributed by atoms with Crippen LogP contribution < -0.4 is 15.5 Å². The largest absolute Gasteiger partial charge is 0.383 e. The molecule has 3 aliphatic heterocycles. The summed E-state index contributed by atoms with van der Waals surface area (Å²) in [6.07, 6.45) is 7.08. The predicted molar refractivity (Wildman–Crippen MR) is 119 cm³/mol. The number of rotatable bonds is 4. The molecule has 30 heavy (non-hydrogen) atoms. The van der Waals surface area contributed by atoms with E-state index in [0.717, 1.165) is 66.7 Å². The number of fused-ring (bicyclic) bond motifs is 1. The Kier molecular flexibility index (Phi) is 5.70. The highest BCUT2D eigenvalue weighted by Crippen LogP contribution is 2.42. The maximum Gasteiger partial charge on any atom is 0.261 e. The zero-order valence-corrected chi connectivity index (χ0v) is 17.9. The third kappa shape index (κ3) is 3.71. The highest BCUT2D eigenvalue weighted by molar-refractivity contribution is 6.33. The van der Waals surface area contributed by atoms with Crippen molar-refractivity contribution in [1.29, 1.82) is 0 Å². The second-order valence-corrected chi connectivity index (χ2v) is 9.06. The van der Waals surface area contributed by atoms with Crippen LogP contribution in [0.3, 0.4) is 0 Å². The summed E-state index contributed by atoms with van der Waals surface area (Å²) in [5, 5.41) is 7.15. The predicted octanol–water partition coefficient (Wildman–Crippen LogP) is 3.53. The summed E-state index contributed by atoms with van der Waals surface area (Å²) in [6, 6.07) is 7.09. The highest BCUT2D eigenvalue weighted by Gasteiger charge is 2.39. The summed E-state index contributed by atoms with van der Waals surface area (Å²) in [4.78, 5) is 15.6. The Morgan fingerprint density at radius 2 is 1.90 bits per heavy atom. The number of nitrogens with one attached hydrogen (secondary N) is 2. The van der Waals surface area contributed by atoms with Crippen molar-refractivity contribution in [3.05, 3.63) is 29.5 Å². The van der Waals surface area contributed by atoms with Crippen LogP contribution in [0.4, 0.5) is 11.4 Å². The van der Waals surface area contributed by atoms with E-state index >= 15 is 0 Å². The van der Waals surface area contributed by atoms with Crippen LogP contribution in [0.15, 0.2) is 23.9 Å². The molecular formula is C24H33N3O3. The Morgan fingerprint density at radius 1 is 1.10 bits per heavy atom. The molecule has 6 nitrogen and oxygen atoms in total. The molecule has 1 aromatic rings. The molecule has 2 N–H and O–H groups in total. The standard InChI is InChI=1S/C24H33N3O3/c1-16(17-4-2-3-5-17)26-18-6-7-22-20(14-18)23(21-15-30-13-10-25-21)24(28)27(22)19-8-11-29-12-9-19/h6-7,14,16-17,19,25-26H,2-5,8-13,15H2,1H3/b23-21-. The van der Waals surface area contributed by atoms with Crippen molar-refractivity contribution in [3.63, 3.8) is 0 Å². The third-order valence-corrected chi connectivity index (χ3v) is 7.15. The number of carbonyl (C=O) groups excluding carboxylic acids is 1. The molecule has 6 heteroatoms. The molecular weight excluding hydrogens is 378 g/mol. The van der Waals surface area contributed by atoms with Crippen molar-refractivity contribution in [2.75, 3.05) is 43.2 Å². The minimum atomic E-state index is 0.103. The van der Waals surface area contributed by atoms with Crippen LogP contribution in [0.25, 0.3) is 5.57 Å². The lowest BCUT2D eigenvalue weighted by molar-refractivity contribution is -0.113. The van der Waals surface area contributed by atoms with E-state index in [2.05, 4.69) is 35.8 Å². The minimum Gasteiger partial charge on any atom is -0.383 e. The van der Waals surface area contributed by atoms with Crippen molar-refractivity contribution >= 4 is 22.9 Å². The van der Waals surface area contributed by atoms with Crippen molar-refractivity contribution in [1.82, 2.24) is 5.32 Å². The van der Waals surface area contributed by atoms with Crippen molar-refractivity contribution in [2.45, 2.75) is 57.5 Å². The maximum absolute atomic E-state index is 13.6. The molecule has 4 aliphatic rings. The van der Waals surface area contributed by atoms with Crippen LogP contribution in [0.5, 0.6) is 0 Å². The van der Waals surface area contributed by atoms with Gasteiger partial charge in [0.15, 0.2) is 0 Å². The quantitative estimate of drug-likeness (QED) is 0.742. The first kappa shape index (κ1) is 19.9. The van der Waals surface area contributed by atoms with Gasteiger partial charge >= 0.3 is 0 Å². The first-order valence-corrected chi connectivity index (χ1v) is 11.6. The molecule has 5 rings (SSSR count). The van der Waals surface area contributed by atoms with E-state index in [1.807, 2.05) is 4.90 Å². The molecule has 0 spiro atoms. The average Bonchev–Trinajstić information content (AvgIpc) is 3.41. The normalized spacial score (nSPS) is 26.6. The number of carbonyl (C=O) groups is 1. The van der Waals surface area contributed by atoms with Gasteiger partial charge in [0.2, 0.25) is 0 Å². The Labute approximate surface area is 179 Å². The van der Waals surface area contributed by atoms with Crippen LogP contribution in [0.1, 0.15) is 51.0 Å². The number of hydrogen-bond donors (Lipinski definition) is 2. The number of morpholine rings is 1. The Hall–Kier alpha value is -2.05. The summed E-state index contributed by atoms with van der Waals surface area (Å²) in [5.74, 6) is 0.843. The number of ether oxygens (including phenoxy) is 2. The van der Waals surface area contributed by atoms with Gasteiger partial charge in [0.25, 0.3) is 5.91 Å². The first-order chi connectivity index (χ1) is 14.7. The fraction of sp³-hybridized carbons (Fsp3) is 0.625. The van der Waals surface area contributed by atoms with Crippen LogP contribution >= 0.6 is 0 Å². The molecule has 0 bridgehead atoms. The molecule has 0 aromatic heterocycles. The Balaban J connectivity index is 1.49. The average molecular weight is 412 g/mol. The first-order valence-electron chi connectivity index (χ1n) is 11.6. The highest BCUT2D eigenvalue weighted by atomic mass is 16.5. The zero-order valence-electron chi connectivity index (χ0n) is 17.9. The van der Waals surface area contributed by atoms with Gasteiger partial charge in [0.1, 0.15) is 0 Å². The molecule has 0 radical (unpaired) electrons. The molecule has 162 valence electrons. The summed E-state index contributed by atoms with van der Waals surface area (Å²) in [5.41, 5.74) is 4.87. The SMILES string of the molecule is CC(Nc1ccc2c(c1)/C(=C1\COCCN1)C(=O)N2C1CCOCC1)C1CCCC1. The van der Waals surface area contributed by atoms with Crippen molar-refractivity contribution in [3.8, 4) is 0 Å². The van der Waals surface area contributed by atoms with Gasteiger partial charge in [-0.2, -0.15) is 0 Å². The monoisotopic (exact) mass is 411 g/mol. The third-order valence-electron chi connectivity index (χ3n) is 7.15. The zero-order chi connectivity index (χ0) is 20.5.